The van der Waals surface area contributed by atoms with Gasteiger partial charge >= 0.3 is 0 Å². The third-order valence-electron chi connectivity index (χ3n) is 3.76. The predicted octanol–water partition coefficient (Wildman–Crippen LogP) is 6.40. The van der Waals surface area contributed by atoms with Gasteiger partial charge in [0.2, 0.25) is 0 Å². The second kappa shape index (κ2) is 7.15. The minimum Gasteiger partial charge on any atom is -0.494 e. The standard InChI is InChI=1S/C19H12ClFN2OS2/c1-24-17-6-5-12(8-14(17)21)16-10-26-19(23-16)18-22-15(9-25-18)11-3-2-4-13(20)7-11/h2-10H,1H3. The molecule has 2 aromatic heterocycles. The van der Waals surface area contributed by atoms with Crippen LogP contribution in [0.1, 0.15) is 0 Å². The highest BCUT2D eigenvalue weighted by Crippen LogP contribution is 2.34. The maximum Gasteiger partial charge on any atom is 0.165 e. The molecule has 0 aliphatic rings. The summed E-state index contributed by atoms with van der Waals surface area (Å²) in [7, 11) is 1.44. The summed E-state index contributed by atoms with van der Waals surface area (Å²) in [5, 5.41) is 6.18. The second-order valence-corrected chi connectivity index (χ2v) is 7.59. The van der Waals surface area contributed by atoms with Crippen molar-refractivity contribution >= 4 is 34.3 Å². The van der Waals surface area contributed by atoms with Crippen molar-refractivity contribution in [2.75, 3.05) is 7.11 Å². The van der Waals surface area contributed by atoms with E-state index in [4.69, 9.17) is 16.3 Å². The van der Waals surface area contributed by atoms with Gasteiger partial charge in [-0.1, -0.05) is 23.7 Å². The topological polar surface area (TPSA) is 35.0 Å². The Hall–Kier alpha value is -2.28. The van der Waals surface area contributed by atoms with E-state index in [0.717, 1.165) is 21.3 Å². The maximum absolute atomic E-state index is 13.9. The van der Waals surface area contributed by atoms with Crippen molar-refractivity contribution in [1.29, 1.82) is 0 Å². The Kier molecular flexibility index (Phi) is 4.72. The number of hydrogen-bond donors (Lipinski definition) is 0. The van der Waals surface area contributed by atoms with E-state index in [1.54, 1.807) is 12.1 Å². The Morgan fingerprint density at radius 1 is 0.923 bits per heavy atom. The van der Waals surface area contributed by atoms with E-state index in [-0.39, 0.29) is 5.75 Å². The van der Waals surface area contributed by atoms with Crippen molar-refractivity contribution in [3.8, 4) is 38.3 Å². The fraction of sp³-hybridized carbons (Fsp3) is 0.0526. The van der Waals surface area contributed by atoms with E-state index in [2.05, 4.69) is 9.97 Å². The number of methoxy groups -OCH3 is 1. The zero-order chi connectivity index (χ0) is 18.1. The van der Waals surface area contributed by atoms with Crippen molar-refractivity contribution in [3.63, 3.8) is 0 Å². The molecule has 2 aromatic carbocycles. The number of rotatable bonds is 4. The summed E-state index contributed by atoms with van der Waals surface area (Å²) < 4.78 is 18.9. The van der Waals surface area contributed by atoms with E-state index < -0.39 is 5.82 Å². The summed E-state index contributed by atoms with van der Waals surface area (Å²) in [6.45, 7) is 0. The predicted molar refractivity (Wildman–Crippen MR) is 106 cm³/mol. The molecule has 0 saturated heterocycles. The molecule has 0 saturated carbocycles. The number of hydrogen-bond acceptors (Lipinski definition) is 5. The van der Waals surface area contributed by atoms with Crippen molar-refractivity contribution in [1.82, 2.24) is 9.97 Å². The molecule has 0 fully saturated rings. The van der Waals surface area contributed by atoms with E-state index in [0.29, 0.717) is 16.3 Å². The van der Waals surface area contributed by atoms with Gasteiger partial charge < -0.3 is 4.74 Å². The molecule has 7 heteroatoms. The Morgan fingerprint density at radius 2 is 1.58 bits per heavy atom. The molecule has 0 aliphatic heterocycles. The van der Waals surface area contributed by atoms with Crippen LogP contribution < -0.4 is 4.74 Å². The van der Waals surface area contributed by atoms with Gasteiger partial charge in [-0.2, -0.15) is 0 Å². The van der Waals surface area contributed by atoms with Crippen LogP contribution in [0, 0.1) is 5.82 Å². The Labute approximate surface area is 162 Å². The summed E-state index contributed by atoms with van der Waals surface area (Å²) in [6.07, 6.45) is 0. The zero-order valence-corrected chi connectivity index (χ0v) is 16.0. The van der Waals surface area contributed by atoms with Crippen molar-refractivity contribution in [2.45, 2.75) is 0 Å². The molecule has 0 bridgehead atoms. The van der Waals surface area contributed by atoms with Crippen LogP contribution in [0.3, 0.4) is 0 Å². The van der Waals surface area contributed by atoms with Crippen LogP contribution in [0.2, 0.25) is 5.02 Å². The lowest BCUT2D eigenvalue weighted by atomic mass is 10.1. The fourth-order valence-corrected chi connectivity index (χ4v) is 4.38. The van der Waals surface area contributed by atoms with Gasteiger partial charge in [-0.3, -0.25) is 0 Å². The molecule has 0 atom stereocenters. The SMILES string of the molecule is COc1ccc(-c2csc(-c3nc(-c4cccc(Cl)c4)cs3)n2)cc1F. The first-order valence-electron chi connectivity index (χ1n) is 7.65. The van der Waals surface area contributed by atoms with Crippen LogP contribution in [0.4, 0.5) is 4.39 Å². The van der Waals surface area contributed by atoms with Crippen LogP contribution in [0.25, 0.3) is 32.5 Å². The van der Waals surface area contributed by atoms with Gasteiger partial charge in [0.15, 0.2) is 21.6 Å². The van der Waals surface area contributed by atoms with Gasteiger partial charge in [-0.15, -0.1) is 22.7 Å². The highest BCUT2D eigenvalue weighted by Gasteiger charge is 2.13. The molecule has 0 unspecified atom stereocenters. The molecular weight excluding hydrogens is 391 g/mol. The summed E-state index contributed by atoms with van der Waals surface area (Å²) in [5.74, 6) is -0.188. The van der Waals surface area contributed by atoms with Crippen LogP contribution in [-0.4, -0.2) is 17.1 Å². The lowest BCUT2D eigenvalue weighted by Gasteiger charge is -2.02. The van der Waals surface area contributed by atoms with Gasteiger partial charge in [0.05, 0.1) is 18.5 Å². The number of aromatic nitrogens is 2. The number of ether oxygens (including phenoxy) is 1. The average Bonchev–Trinajstić information content (AvgIpc) is 3.31. The smallest absolute Gasteiger partial charge is 0.165 e. The summed E-state index contributed by atoms with van der Waals surface area (Å²) in [6, 6.07) is 12.4. The number of benzene rings is 2. The minimum absolute atomic E-state index is 0.218. The van der Waals surface area contributed by atoms with E-state index in [1.807, 2.05) is 35.0 Å². The number of halogens is 2. The summed E-state index contributed by atoms with van der Waals surface area (Å²) >= 11 is 9.05. The highest BCUT2D eigenvalue weighted by molar-refractivity contribution is 7.20. The van der Waals surface area contributed by atoms with Gasteiger partial charge in [0.25, 0.3) is 0 Å². The van der Waals surface area contributed by atoms with Gasteiger partial charge in [-0.25, -0.2) is 14.4 Å². The van der Waals surface area contributed by atoms with E-state index >= 15 is 0 Å². The zero-order valence-electron chi connectivity index (χ0n) is 13.6. The average molecular weight is 403 g/mol. The lowest BCUT2D eigenvalue weighted by molar-refractivity contribution is 0.386. The molecule has 4 rings (SSSR count). The van der Waals surface area contributed by atoms with Crippen LogP contribution in [-0.2, 0) is 0 Å². The van der Waals surface area contributed by atoms with Crippen molar-refractivity contribution < 1.29 is 9.13 Å². The number of thiazole rings is 2. The molecule has 2 heterocycles. The van der Waals surface area contributed by atoms with E-state index in [1.165, 1.54) is 35.8 Å². The fourth-order valence-electron chi connectivity index (χ4n) is 2.48. The van der Waals surface area contributed by atoms with Gasteiger partial charge in [-0.05, 0) is 30.3 Å². The second-order valence-electron chi connectivity index (χ2n) is 5.44. The molecule has 0 spiro atoms. The van der Waals surface area contributed by atoms with Gasteiger partial charge in [0, 0.05) is 26.9 Å². The first-order valence-corrected chi connectivity index (χ1v) is 9.79. The largest absolute Gasteiger partial charge is 0.494 e. The monoisotopic (exact) mass is 402 g/mol. The first-order chi connectivity index (χ1) is 12.6. The molecule has 0 N–H and O–H groups in total. The Bertz CT molecular complexity index is 1080. The summed E-state index contributed by atoms with van der Waals surface area (Å²) in [4.78, 5) is 9.26. The highest BCUT2D eigenvalue weighted by atomic mass is 35.5. The van der Waals surface area contributed by atoms with Crippen LogP contribution in [0.5, 0.6) is 5.75 Å². The molecule has 3 nitrogen and oxygen atoms in total. The quantitative estimate of drug-likeness (QED) is 0.396. The Morgan fingerprint density at radius 3 is 2.15 bits per heavy atom. The third-order valence-corrected chi connectivity index (χ3v) is 5.82. The molecule has 130 valence electrons. The minimum atomic E-state index is -0.406. The molecule has 0 aliphatic carbocycles. The maximum atomic E-state index is 13.9. The Balaban J connectivity index is 1.63. The molecular formula is C19H12ClFN2OS2. The van der Waals surface area contributed by atoms with Gasteiger partial charge in [0.1, 0.15) is 0 Å². The van der Waals surface area contributed by atoms with Crippen molar-refractivity contribution in [2.24, 2.45) is 0 Å². The van der Waals surface area contributed by atoms with Crippen molar-refractivity contribution in [3.05, 3.63) is 64.1 Å². The molecule has 26 heavy (non-hydrogen) atoms. The molecule has 0 amide bonds. The lowest BCUT2D eigenvalue weighted by Crippen LogP contribution is -1.88. The first kappa shape index (κ1) is 17.1. The third kappa shape index (κ3) is 3.35. The number of nitrogens with zero attached hydrogens (tertiary/aromatic N) is 2. The van der Waals surface area contributed by atoms with Crippen LogP contribution in [0.15, 0.2) is 53.2 Å². The van der Waals surface area contributed by atoms with E-state index in [9.17, 15) is 4.39 Å². The molecule has 4 aromatic rings. The molecule has 0 radical (unpaired) electrons. The summed E-state index contributed by atoms with van der Waals surface area (Å²) in [5.41, 5.74) is 3.25. The normalized spacial score (nSPS) is 10.9. The van der Waals surface area contributed by atoms with Crippen LogP contribution >= 0.6 is 34.3 Å².